The summed E-state index contributed by atoms with van der Waals surface area (Å²) < 4.78 is 17.6. The number of oxazole rings is 1. The van der Waals surface area contributed by atoms with Gasteiger partial charge in [0.15, 0.2) is 17.2 Å². The minimum absolute atomic E-state index is 0.0566. The number of quaternary nitrogens is 1. The second kappa shape index (κ2) is 9.83. The molecule has 0 unspecified atom stereocenters. The van der Waals surface area contributed by atoms with E-state index in [1.165, 1.54) is 0 Å². The molecule has 4 aliphatic rings. The maximum Gasteiger partial charge on any atom is 0.345 e. The van der Waals surface area contributed by atoms with Crippen molar-refractivity contribution in [3.05, 3.63) is 59.3 Å². The van der Waals surface area contributed by atoms with E-state index in [2.05, 4.69) is 11.2 Å². The third-order valence-corrected chi connectivity index (χ3v) is 8.77. The molecule has 6 rings (SSSR count). The molecule has 0 radical (unpaired) electrons. The van der Waals surface area contributed by atoms with E-state index in [0.29, 0.717) is 34.7 Å². The van der Waals surface area contributed by atoms with E-state index < -0.39 is 11.6 Å². The quantitative estimate of drug-likeness (QED) is 0.401. The maximum absolute atomic E-state index is 13.7. The first-order valence-corrected chi connectivity index (χ1v) is 14.7. The molecular weight excluding hydrogens is 516 g/mol. The van der Waals surface area contributed by atoms with Crippen LogP contribution >= 0.6 is 11.8 Å². The van der Waals surface area contributed by atoms with Crippen molar-refractivity contribution in [2.75, 3.05) is 44.9 Å². The lowest BCUT2D eigenvalue weighted by molar-refractivity contribution is -0.949. The molecule has 5 heterocycles. The standard InChI is InChI=1S/C29H35N4O5S/c1-29(2,3)38-28(35)25-21(27(34)31-13-15-39-18-31)17-33(14-5-6-23(25)33)32-11-9-19(10-12-32)26-30-22-8-7-20(36-4)16-24(22)37-26/h5-8,14,16,19H,9-13,15,17-18H2,1-4H3/q+1/t33-/m1/s1. The van der Waals surface area contributed by atoms with Crippen LogP contribution in [0.1, 0.15) is 45.4 Å². The molecule has 1 amide bonds. The molecule has 0 bridgehead atoms. The normalized spacial score (nSPS) is 24.0. The Balaban J connectivity index is 1.25. The van der Waals surface area contributed by atoms with Gasteiger partial charge in [0.05, 0.1) is 18.6 Å². The topological polar surface area (TPSA) is 85.1 Å². The number of ether oxygens (including phenoxy) is 2. The summed E-state index contributed by atoms with van der Waals surface area (Å²) in [4.78, 5) is 33.8. The Morgan fingerprint density at radius 1 is 1.18 bits per heavy atom. The van der Waals surface area contributed by atoms with Crippen LogP contribution in [-0.2, 0) is 14.3 Å². The molecule has 2 aromatic rings. The van der Waals surface area contributed by atoms with E-state index in [-0.39, 0.29) is 11.8 Å². The van der Waals surface area contributed by atoms with Crippen molar-refractivity contribution in [3.63, 3.8) is 0 Å². The van der Waals surface area contributed by atoms with Crippen LogP contribution in [0.25, 0.3) is 11.1 Å². The predicted octanol–water partition coefficient (Wildman–Crippen LogP) is 4.34. The average Bonchev–Trinajstić information content (AvgIpc) is 3.69. The number of thioether (sulfide) groups is 1. The number of hydrogen-bond donors (Lipinski definition) is 0. The number of methoxy groups -OCH3 is 1. The second-order valence-corrected chi connectivity index (χ2v) is 12.5. The Morgan fingerprint density at radius 2 is 1.97 bits per heavy atom. The largest absolute Gasteiger partial charge is 0.497 e. The van der Waals surface area contributed by atoms with Crippen molar-refractivity contribution in [2.24, 2.45) is 0 Å². The summed E-state index contributed by atoms with van der Waals surface area (Å²) in [5.74, 6) is 2.78. The summed E-state index contributed by atoms with van der Waals surface area (Å²) in [5, 5.41) is 2.36. The number of nitrogens with zero attached hydrogens (tertiary/aromatic N) is 4. The Labute approximate surface area is 232 Å². The van der Waals surface area contributed by atoms with Crippen LogP contribution in [0.5, 0.6) is 5.75 Å². The van der Waals surface area contributed by atoms with E-state index in [4.69, 9.17) is 18.9 Å². The van der Waals surface area contributed by atoms with E-state index in [9.17, 15) is 9.59 Å². The highest BCUT2D eigenvalue weighted by Gasteiger charge is 2.55. The number of esters is 1. The minimum Gasteiger partial charge on any atom is -0.497 e. The van der Waals surface area contributed by atoms with Crippen molar-refractivity contribution in [3.8, 4) is 5.75 Å². The molecule has 39 heavy (non-hydrogen) atoms. The number of hydrogen-bond acceptors (Lipinski definition) is 8. The number of carbonyl (C=O) groups is 2. The zero-order valence-electron chi connectivity index (χ0n) is 22.9. The number of rotatable bonds is 5. The third-order valence-electron chi connectivity index (χ3n) is 7.80. The van der Waals surface area contributed by atoms with Crippen LogP contribution < -0.4 is 4.74 Å². The molecule has 2 saturated heterocycles. The van der Waals surface area contributed by atoms with E-state index in [0.717, 1.165) is 60.1 Å². The number of aromatic nitrogens is 1. The molecule has 0 spiro atoms. The van der Waals surface area contributed by atoms with Gasteiger partial charge in [0.1, 0.15) is 35.2 Å². The first kappa shape index (κ1) is 26.2. The zero-order valence-corrected chi connectivity index (χ0v) is 23.8. The highest BCUT2D eigenvalue weighted by molar-refractivity contribution is 7.99. The van der Waals surface area contributed by atoms with E-state index >= 15 is 0 Å². The summed E-state index contributed by atoms with van der Waals surface area (Å²) >= 11 is 1.74. The van der Waals surface area contributed by atoms with Gasteiger partial charge in [-0.15, -0.1) is 16.8 Å². The lowest BCUT2D eigenvalue weighted by atomic mass is 9.97. The molecule has 0 saturated carbocycles. The number of carbonyl (C=O) groups excluding carboxylic acids is 2. The van der Waals surface area contributed by atoms with Gasteiger partial charge < -0.3 is 18.8 Å². The van der Waals surface area contributed by atoms with E-state index in [1.807, 2.05) is 56.0 Å². The third kappa shape index (κ3) is 4.68. The van der Waals surface area contributed by atoms with Gasteiger partial charge in [0, 0.05) is 43.4 Å². The first-order valence-electron chi connectivity index (χ1n) is 13.5. The van der Waals surface area contributed by atoms with Gasteiger partial charge in [-0.05, 0) is 51.8 Å². The molecule has 1 atom stereocenters. The van der Waals surface area contributed by atoms with Gasteiger partial charge in [-0.3, -0.25) is 4.79 Å². The van der Waals surface area contributed by atoms with Crippen LogP contribution in [0.2, 0.25) is 0 Å². The number of amides is 1. The molecule has 1 aromatic heterocycles. The Morgan fingerprint density at radius 3 is 2.67 bits per heavy atom. The number of benzene rings is 1. The maximum atomic E-state index is 13.7. The van der Waals surface area contributed by atoms with Crippen molar-refractivity contribution in [1.82, 2.24) is 14.9 Å². The monoisotopic (exact) mass is 551 g/mol. The molecular formula is C29H35N4O5S+. The van der Waals surface area contributed by atoms with Crippen LogP contribution in [0.3, 0.4) is 0 Å². The molecule has 4 aliphatic heterocycles. The van der Waals surface area contributed by atoms with Gasteiger partial charge in [-0.2, -0.15) is 4.59 Å². The fraction of sp³-hybridized carbons (Fsp3) is 0.483. The smallest absolute Gasteiger partial charge is 0.345 e. The number of fused-ring (bicyclic) bond motifs is 2. The molecule has 0 aliphatic carbocycles. The zero-order chi connectivity index (χ0) is 27.4. The van der Waals surface area contributed by atoms with Crippen LogP contribution in [0.4, 0.5) is 0 Å². The second-order valence-electron chi connectivity index (χ2n) is 11.5. The summed E-state index contributed by atoms with van der Waals surface area (Å²) in [6.07, 6.45) is 7.79. The lowest BCUT2D eigenvalue weighted by Crippen LogP contribution is -2.56. The molecule has 0 N–H and O–H groups in total. The predicted molar refractivity (Wildman–Crippen MR) is 148 cm³/mol. The summed E-state index contributed by atoms with van der Waals surface area (Å²) in [7, 11) is 1.64. The molecule has 10 heteroatoms. The first-order chi connectivity index (χ1) is 18.7. The van der Waals surface area contributed by atoms with Crippen LogP contribution in [0.15, 0.2) is 57.8 Å². The summed E-state index contributed by atoms with van der Waals surface area (Å²) in [5.41, 5.74) is 2.71. The fourth-order valence-corrected chi connectivity index (χ4v) is 6.86. The van der Waals surface area contributed by atoms with Gasteiger partial charge in [0.25, 0.3) is 5.91 Å². The minimum atomic E-state index is -0.658. The summed E-state index contributed by atoms with van der Waals surface area (Å²) in [6.45, 7) is 8.24. The molecule has 2 fully saturated rings. The van der Waals surface area contributed by atoms with Gasteiger partial charge >= 0.3 is 5.97 Å². The van der Waals surface area contributed by atoms with Crippen LogP contribution in [-0.4, -0.2) is 81.9 Å². The molecule has 9 nitrogen and oxygen atoms in total. The Hall–Kier alpha value is -3.08. The highest BCUT2D eigenvalue weighted by atomic mass is 32.2. The van der Waals surface area contributed by atoms with Crippen LogP contribution in [0, 0.1) is 0 Å². The number of allylic oxidation sites excluding steroid dienone is 2. The van der Waals surface area contributed by atoms with Crippen molar-refractivity contribution in [1.29, 1.82) is 0 Å². The Kier molecular flexibility index (Phi) is 6.60. The Bertz CT molecular complexity index is 1410. The van der Waals surface area contributed by atoms with Crippen molar-refractivity contribution >= 4 is 34.7 Å². The molecule has 206 valence electrons. The average molecular weight is 552 g/mol. The van der Waals surface area contributed by atoms with Crippen molar-refractivity contribution in [2.45, 2.75) is 45.1 Å². The molecule has 1 aromatic carbocycles. The SMILES string of the molecule is COc1ccc2nc(C3CCN([N@@+]45C=CC=C4C(C(=O)OC(C)(C)C)=C(C(=O)N4CCSC4)C5)CC3)oc2c1. The van der Waals surface area contributed by atoms with Crippen molar-refractivity contribution < 1.29 is 28.1 Å². The van der Waals surface area contributed by atoms with Gasteiger partial charge in [0.2, 0.25) is 0 Å². The summed E-state index contributed by atoms with van der Waals surface area (Å²) in [6, 6.07) is 5.69. The van der Waals surface area contributed by atoms with Gasteiger partial charge in [-0.1, -0.05) is 0 Å². The lowest BCUT2D eigenvalue weighted by Gasteiger charge is -2.42. The highest BCUT2D eigenvalue weighted by Crippen LogP contribution is 2.45. The fourth-order valence-electron chi connectivity index (χ4n) is 5.91. The van der Waals surface area contributed by atoms with E-state index in [1.54, 1.807) is 18.9 Å². The van der Waals surface area contributed by atoms with Gasteiger partial charge in [-0.25, -0.2) is 9.78 Å². The number of piperidine rings is 1.